The highest BCUT2D eigenvalue weighted by atomic mass is 16.5. The average Bonchev–Trinajstić information content (AvgIpc) is 2.16. The van der Waals surface area contributed by atoms with E-state index in [1.54, 1.807) is 7.11 Å². The predicted octanol–water partition coefficient (Wildman–Crippen LogP) is -1.31. The maximum absolute atomic E-state index is 8.94. The highest BCUT2D eigenvalue weighted by Gasteiger charge is 2.16. The molecule has 2 atom stereocenters. The van der Waals surface area contributed by atoms with Crippen LogP contribution in [0.3, 0.4) is 0 Å². The topological polar surface area (TPSA) is 90.7 Å². The number of ether oxygens (including phenoxy) is 2. The third kappa shape index (κ3) is 5.95. The molecule has 0 amide bonds. The summed E-state index contributed by atoms with van der Waals surface area (Å²) in [5, 5.41) is 8.94. The average molecular weight is 192 g/mol. The molecule has 0 bridgehead atoms. The molecule has 0 heterocycles. The summed E-state index contributed by atoms with van der Waals surface area (Å²) in [6.45, 7) is 1.36. The molecular weight excluding hydrogens is 172 g/mol. The molecule has 0 aromatic carbocycles. The largest absolute Gasteiger partial charge is 0.394 e. The summed E-state index contributed by atoms with van der Waals surface area (Å²) in [6.07, 6.45) is 0.338. The molecule has 13 heavy (non-hydrogen) atoms. The molecule has 2 unspecified atom stereocenters. The number of methoxy groups -OCH3 is 1. The maximum Gasteiger partial charge on any atom is 0.0957 e. The minimum absolute atomic E-state index is 0.0785. The van der Waals surface area contributed by atoms with Crippen LogP contribution in [0.25, 0.3) is 0 Å². The quantitative estimate of drug-likeness (QED) is 0.444. The Kier molecular flexibility index (Phi) is 8.27. The summed E-state index contributed by atoms with van der Waals surface area (Å²) in [5.41, 5.74) is 11.0. The van der Waals surface area contributed by atoms with Crippen LogP contribution in [0.1, 0.15) is 6.42 Å². The first-order valence-electron chi connectivity index (χ1n) is 4.43. The molecule has 0 aromatic heterocycles. The highest BCUT2D eigenvalue weighted by Crippen LogP contribution is 2.00. The molecule has 0 rings (SSSR count). The van der Waals surface area contributed by atoms with Crippen LogP contribution in [-0.2, 0) is 9.47 Å². The van der Waals surface area contributed by atoms with Gasteiger partial charge in [0.15, 0.2) is 0 Å². The zero-order valence-electron chi connectivity index (χ0n) is 8.11. The fraction of sp³-hybridized carbons (Fsp3) is 1.00. The maximum atomic E-state index is 8.94. The third-order valence-electron chi connectivity index (χ3n) is 1.76. The highest BCUT2D eigenvalue weighted by molar-refractivity contribution is 4.72. The van der Waals surface area contributed by atoms with Crippen LogP contribution in [0.4, 0.5) is 0 Å². The second-order valence-electron chi connectivity index (χ2n) is 2.83. The van der Waals surface area contributed by atoms with Gasteiger partial charge < -0.3 is 26.0 Å². The van der Waals surface area contributed by atoms with Gasteiger partial charge >= 0.3 is 0 Å². The van der Waals surface area contributed by atoms with Crippen molar-refractivity contribution in [2.45, 2.75) is 18.6 Å². The van der Waals surface area contributed by atoms with E-state index in [9.17, 15) is 0 Å². The van der Waals surface area contributed by atoms with Crippen molar-refractivity contribution < 1.29 is 14.6 Å². The number of hydrogen-bond acceptors (Lipinski definition) is 5. The van der Waals surface area contributed by atoms with Gasteiger partial charge in [0.05, 0.1) is 19.3 Å². The van der Waals surface area contributed by atoms with Crippen LogP contribution in [0.15, 0.2) is 0 Å². The van der Waals surface area contributed by atoms with Crippen molar-refractivity contribution in [3.63, 3.8) is 0 Å². The molecular formula is C8H20N2O3. The Morgan fingerprint density at radius 3 is 2.54 bits per heavy atom. The van der Waals surface area contributed by atoms with Gasteiger partial charge in [0, 0.05) is 26.3 Å². The van der Waals surface area contributed by atoms with E-state index >= 15 is 0 Å². The molecule has 0 aliphatic carbocycles. The zero-order valence-corrected chi connectivity index (χ0v) is 8.11. The van der Waals surface area contributed by atoms with Gasteiger partial charge in [-0.15, -0.1) is 0 Å². The molecule has 0 fully saturated rings. The summed E-state index contributed by atoms with van der Waals surface area (Å²) < 4.78 is 10.1. The second-order valence-corrected chi connectivity index (χ2v) is 2.83. The third-order valence-corrected chi connectivity index (χ3v) is 1.76. The van der Waals surface area contributed by atoms with Gasteiger partial charge in [-0.2, -0.15) is 0 Å². The monoisotopic (exact) mass is 192 g/mol. The van der Waals surface area contributed by atoms with Gasteiger partial charge in [-0.25, -0.2) is 0 Å². The summed E-state index contributed by atoms with van der Waals surface area (Å²) in [7, 11) is 1.61. The fourth-order valence-corrected chi connectivity index (χ4v) is 0.971. The lowest BCUT2D eigenvalue weighted by molar-refractivity contribution is -0.00417. The van der Waals surface area contributed by atoms with Crippen LogP contribution < -0.4 is 11.5 Å². The lowest BCUT2D eigenvalue weighted by atomic mass is 10.1. The SMILES string of the molecule is COCCC(N)C(CO)OCCN. The van der Waals surface area contributed by atoms with E-state index in [1.165, 1.54) is 0 Å². The smallest absolute Gasteiger partial charge is 0.0957 e. The van der Waals surface area contributed by atoms with Gasteiger partial charge in [0.2, 0.25) is 0 Å². The minimum Gasteiger partial charge on any atom is -0.394 e. The van der Waals surface area contributed by atoms with Crippen molar-refractivity contribution in [1.82, 2.24) is 0 Å². The van der Waals surface area contributed by atoms with Crippen LogP contribution in [-0.4, -0.2) is 50.7 Å². The summed E-state index contributed by atoms with van der Waals surface area (Å²) in [4.78, 5) is 0. The number of aliphatic hydroxyl groups is 1. The molecule has 5 nitrogen and oxygen atoms in total. The van der Waals surface area contributed by atoms with Crippen molar-refractivity contribution in [3.8, 4) is 0 Å². The first-order valence-corrected chi connectivity index (χ1v) is 4.43. The lowest BCUT2D eigenvalue weighted by Gasteiger charge is -2.21. The van der Waals surface area contributed by atoms with Crippen molar-refractivity contribution in [2.75, 3.05) is 33.5 Å². The lowest BCUT2D eigenvalue weighted by Crippen LogP contribution is -2.41. The van der Waals surface area contributed by atoms with Crippen LogP contribution >= 0.6 is 0 Å². The first kappa shape index (κ1) is 12.8. The molecule has 0 aliphatic heterocycles. The van der Waals surface area contributed by atoms with E-state index in [4.69, 9.17) is 26.0 Å². The van der Waals surface area contributed by atoms with Crippen LogP contribution in [0.5, 0.6) is 0 Å². The van der Waals surface area contributed by atoms with E-state index in [1.807, 2.05) is 0 Å². The van der Waals surface area contributed by atoms with Crippen molar-refractivity contribution in [2.24, 2.45) is 11.5 Å². The number of aliphatic hydroxyl groups excluding tert-OH is 1. The Hall–Kier alpha value is -0.200. The normalized spacial score (nSPS) is 15.7. The molecule has 0 saturated carbocycles. The molecule has 0 spiro atoms. The summed E-state index contributed by atoms with van der Waals surface area (Å²) >= 11 is 0. The van der Waals surface area contributed by atoms with E-state index in [2.05, 4.69) is 0 Å². The molecule has 0 aromatic rings. The Bertz CT molecular complexity index is 114. The van der Waals surface area contributed by atoms with Gasteiger partial charge in [-0.3, -0.25) is 0 Å². The predicted molar refractivity (Wildman–Crippen MR) is 50.3 cm³/mol. The number of nitrogens with two attached hydrogens (primary N) is 2. The molecule has 5 N–H and O–H groups in total. The fourth-order valence-electron chi connectivity index (χ4n) is 0.971. The Labute approximate surface area is 79.0 Å². The second kappa shape index (κ2) is 8.40. The van der Waals surface area contributed by atoms with Gasteiger partial charge in [0.1, 0.15) is 0 Å². The Morgan fingerprint density at radius 2 is 2.08 bits per heavy atom. The summed E-state index contributed by atoms with van der Waals surface area (Å²) in [6, 6.07) is -0.198. The van der Waals surface area contributed by atoms with Crippen molar-refractivity contribution >= 4 is 0 Å². The molecule has 5 heteroatoms. The Balaban J connectivity index is 3.63. The van der Waals surface area contributed by atoms with Crippen LogP contribution in [0.2, 0.25) is 0 Å². The van der Waals surface area contributed by atoms with E-state index in [0.29, 0.717) is 26.2 Å². The molecule has 80 valence electrons. The number of rotatable bonds is 8. The first-order chi connectivity index (χ1) is 6.26. The summed E-state index contributed by atoms with van der Waals surface area (Å²) in [5.74, 6) is 0. The Morgan fingerprint density at radius 1 is 1.38 bits per heavy atom. The van der Waals surface area contributed by atoms with Crippen LogP contribution in [0, 0.1) is 0 Å². The minimum atomic E-state index is -0.335. The molecule has 0 radical (unpaired) electrons. The molecule has 0 saturated heterocycles. The standard InChI is InChI=1S/C8H20N2O3/c1-12-4-2-7(10)8(6-11)13-5-3-9/h7-8,11H,2-6,9-10H2,1H3. The van der Waals surface area contributed by atoms with E-state index in [0.717, 1.165) is 0 Å². The van der Waals surface area contributed by atoms with Crippen molar-refractivity contribution in [1.29, 1.82) is 0 Å². The molecule has 0 aliphatic rings. The van der Waals surface area contributed by atoms with E-state index in [-0.39, 0.29) is 18.8 Å². The van der Waals surface area contributed by atoms with Gasteiger partial charge in [0.25, 0.3) is 0 Å². The number of hydrogen-bond donors (Lipinski definition) is 3. The van der Waals surface area contributed by atoms with Gasteiger partial charge in [-0.05, 0) is 6.42 Å². The van der Waals surface area contributed by atoms with Gasteiger partial charge in [-0.1, -0.05) is 0 Å². The van der Waals surface area contributed by atoms with Crippen molar-refractivity contribution in [3.05, 3.63) is 0 Å². The van der Waals surface area contributed by atoms with E-state index < -0.39 is 0 Å². The zero-order chi connectivity index (χ0) is 10.1.